The largest absolute Gasteiger partial charge is 0.309 e. The van der Waals surface area contributed by atoms with Crippen LogP contribution in [0.3, 0.4) is 0 Å². The summed E-state index contributed by atoms with van der Waals surface area (Å²) in [4.78, 5) is 21.1. The number of rotatable bonds is 13. The van der Waals surface area contributed by atoms with Crippen molar-refractivity contribution in [3.63, 3.8) is 0 Å². The predicted octanol–water partition coefficient (Wildman–Crippen LogP) is 26.4. The topological polar surface area (TPSA) is 119 Å². The van der Waals surface area contributed by atoms with Gasteiger partial charge >= 0.3 is 0 Å². The Kier molecular flexibility index (Phi) is 15.8. The van der Waals surface area contributed by atoms with Crippen LogP contribution in [-0.2, 0) is 0 Å². The first-order valence-electron chi connectivity index (χ1n) is 38.9. The second-order valence-corrected chi connectivity index (χ2v) is 29.4. The number of aromatic nitrogens is 8. The van der Waals surface area contributed by atoms with Gasteiger partial charge in [-0.3, -0.25) is 0 Å². The van der Waals surface area contributed by atoms with Gasteiger partial charge in [-0.15, -0.1) is 0 Å². The minimum absolute atomic E-state index is 0.482. The van der Waals surface area contributed by atoms with Crippen molar-refractivity contribution in [1.82, 2.24) is 38.2 Å². The number of hydrogen-bond acceptors (Lipinski definition) is 6. The molecule has 116 heavy (non-hydrogen) atoms. The highest BCUT2D eigenvalue weighted by atomic mass is 15.0. The Bertz CT molecular complexity index is 7160. The van der Waals surface area contributed by atoms with E-state index in [0.717, 1.165) is 178 Å². The third-order valence-electron chi connectivity index (χ3n) is 22.9. The summed E-state index contributed by atoms with van der Waals surface area (Å²) in [6.45, 7) is 0. The second kappa shape index (κ2) is 27.4. The zero-order valence-corrected chi connectivity index (χ0v) is 62.4. The van der Waals surface area contributed by atoms with Gasteiger partial charge in [0.05, 0.1) is 113 Å². The summed E-state index contributed by atoms with van der Waals surface area (Å²) in [5.74, 6) is 1.28. The standard InChI is InChI=1S/C106H64N10/c107-65-67-45-51-101(115-97-43-23-17-37-81(97)87-59-73(47-53-103(87)115)83-61-75(49-55-99(83)113-93-39-19-13-33-77(93)78-34-14-20-40-94(78)113)91-63-89(69-25-5-1-6-26-69)109-105(111-91)71-29-9-3-10-30-71)85(57-67)86-58-68(66-108)46-52-102(86)116-98-44-24-18-38-82(98)88-60-74(48-54-104(88)116)84-62-76(50-56-100(84)114-95-41-21-15-35-79(95)80-36-16-22-42-96(80)114)92-64-90(70-27-7-2-8-28-70)110-106(112-92)72-31-11-4-12-32-72/h1-64H. The van der Waals surface area contributed by atoms with Gasteiger partial charge in [0, 0.05) is 98.7 Å². The SMILES string of the molecule is N#Cc1ccc(-n2c3ccccc3c3cc(-c4cc(-c5cc(-c6ccccc6)nc(-c6ccccc6)n5)ccc4-n4c5ccccc5c5ccccc54)ccc32)c(-c2cc(C#N)ccc2-n2c3ccccc3c3cc(-c4cc(-c5cc(-c6ccccc6)nc(-c6ccccc6)n5)ccc4-n4c5ccccc5c5ccccc54)ccc32)c1. The molecule has 0 aliphatic rings. The molecular formula is C106H64N10. The summed E-state index contributed by atoms with van der Waals surface area (Å²) in [5.41, 5.74) is 27.6. The summed E-state index contributed by atoms with van der Waals surface area (Å²) in [6, 6.07) is 141. The van der Waals surface area contributed by atoms with E-state index in [1.54, 1.807) is 0 Å². The highest BCUT2D eigenvalue weighted by molar-refractivity contribution is 6.15. The first-order valence-corrected chi connectivity index (χ1v) is 38.9. The molecule has 0 spiro atoms. The lowest BCUT2D eigenvalue weighted by molar-refractivity contribution is 1.16. The number of benzene rings is 16. The van der Waals surface area contributed by atoms with Crippen LogP contribution >= 0.6 is 0 Å². The average molecular weight is 1480 g/mol. The molecule has 0 N–H and O–H groups in total. The number of para-hydroxylation sites is 6. The maximum atomic E-state index is 11.1. The molecule has 16 aromatic carbocycles. The molecule has 0 radical (unpaired) electrons. The Hall–Kier alpha value is -16.1. The molecule has 0 bridgehead atoms. The maximum absolute atomic E-state index is 11.1. The smallest absolute Gasteiger partial charge is 0.160 e. The zero-order valence-electron chi connectivity index (χ0n) is 62.4. The molecule has 22 aromatic rings. The molecule has 6 heterocycles. The molecule has 0 aliphatic carbocycles. The third kappa shape index (κ3) is 11.1. The summed E-state index contributed by atoms with van der Waals surface area (Å²) in [5, 5.41) is 30.9. The van der Waals surface area contributed by atoms with E-state index in [1.807, 2.05) is 97.1 Å². The van der Waals surface area contributed by atoms with Crippen LogP contribution in [0.4, 0.5) is 0 Å². The van der Waals surface area contributed by atoms with E-state index in [9.17, 15) is 10.5 Å². The molecule has 0 aliphatic heterocycles. The highest BCUT2D eigenvalue weighted by Gasteiger charge is 2.27. The van der Waals surface area contributed by atoms with Crippen molar-refractivity contribution in [3.8, 4) is 136 Å². The molecule has 0 saturated heterocycles. The maximum Gasteiger partial charge on any atom is 0.160 e. The van der Waals surface area contributed by atoms with E-state index in [2.05, 4.69) is 322 Å². The van der Waals surface area contributed by atoms with E-state index in [0.29, 0.717) is 22.8 Å². The van der Waals surface area contributed by atoms with E-state index < -0.39 is 0 Å². The summed E-state index contributed by atoms with van der Waals surface area (Å²) in [6.07, 6.45) is 0. The lowest BCUT2D eigenvalue weighted by Crippen LogP contribution is -2.03. The number of nitrogens with zero attached hydrogens (tertiary/aromatic N) is 10. The van der Waals surface area contributed by atoms with Crippen molar-refractivity contribution < 1.29 is 0 Å². The molecule has 6 aromatic heterocycles. The van der Waals surface area contributed by atoms with E-state index in [1.165, 1.54) is 21.5 Å². The van der Waals surface area contributed by atoms with E-state index in [-0.39, 0.29) is 0 Å². The molecule has 538 valence electrons. The van der Waals surface area contributed by atoms with Gasteiger partial charge in [-0.1, -0.05) is 255 Å². The second-order valence-electron chi connectivity index (χ2n) is 29.4. The molecular weight excluding hydrogens is 1410 g/mol. The fraction of sp³-hybridized carbons (Fsp3) is 0. The van der Waals surface area contributed by atoms with Crippen molar-refractivity contribution in [2.45, 2.75) is 0 Å². The van der Waals surface area contributed by atoms with Crippen molar-refractivity contribution in [2.75, 3.05) is 0 Å². The Balaban J connectivity index is 0.730. The Labute approximate surface area is 667 Å². The molecule has 0 fully saturated rings. The fourth-order valence-electron chi connectivity index (χ4n) is 17.6. The van der Waals surface area contributed by atoms with Crippen molar-refractivity contribution in [3.05, 3.63) is 399 Å². The number of nitriles is 2. The molecule has 22 rings (SSSR count). The zero-order chi connectivity index (χ0) is 76.9. The minimum atomic E-state index is 0.482. The van der Waals surface area contributed by atoms with Crippen LogP contribution in [0, 0.1) is 22.7 Å². The lowest BCUT2D eigenvalue weighted by Gasteiger charge is -2.19. The monoisotopic (exact) mass is 1480 g/mol. The molecule has 0 unspecified atom stereocenters. The first-order chi connectivity index (χ1) is 57.4. The molecule has 10 heteroatoms. The van der Waals surface area contributed by atoms with Gasteiger partial charge in [0.2, 0.25) is 0 Å². The molecule has 0 saturated carbocycles. The van der Waals surface area contributed by atoms with E-state index >= 15 is 0 Å². The Morgan fingerprint density at radius 3 is 0.750 bits per heavy atom. The number of hydrogen-bond donors (Lipinski definition) is 0. The normalized spacial score (nSPS) is 11.6. The van der Waals surface area contributed by atoms with Crippen molar-refractivity contribution >= 4 is 87.2 Å². The predicted molar refractivity (Wildman–Crippen MR) is 473 cm³/mol. The summed E-state index contributed by atoms with van der Waals surface area (Å²) < 4.78 is 9.48. The van der Waals surface area contributed by atoms with Gasteiger partial charge in [0.25, 0.3) is 0 Å². The van der Waals surface area contributed by atoms with Crippen LogP contribution in [0.2, 0.25) is 0 Å². The molecule has 10 nitrogen and oxygen atoms in total. The van der Waals surface area contributed by atoms with Gasteiger partial charge in [-0.2, -0.15) is 10.5 Å². The quantitative estimate of drug-likeness (QED) is 0.113. The van der Waals surface area contributed by atoms with E-state index in [4.69, 9.17) is 19.9 Å². The Morgan fingerprint density at radius 1 is 0.181 bits per heavy atom. The minimum Gasteiger partial charge on any atom is -0.309 e. The first kappa shape index (κ1) is 66.8. The van der Waals surface area contributed by atoms with Crippen molar-refractivity contribution in [1.29, 1.82) is 10.5 Å². The third-order valence-corrected chi connectivity index (χ3v) is 22.9. The van der Waals surface area contributed by atoms with Gasteiger partial charge in [0.15, 0.2) is 11.6 Å². The number of fused-ring (bicyclic) bond motifs is 12. The van der Waals surface area contributed by atoms with Crippen LogP contribution in [0.15, 0.2) is 388 Å². The van der Waals surface area contributed by atoms with Crippen LogP contribution in [-0.4, -0.2) is 38.2 Å². The van der Waals surface area contributed by atoms with Gasteiger partial charge in [0.1, 0.15) is 0 Å². The van der Waals surface area contributed by atoms with Crippen LogP contribution < -0.4 is 0 Å². The summed E-state index contributed by atoms with van der Waals surface area (Å²) >= 11 is 0. The van der Waals surface area contributed by atoms with Gasteiger partial charge in [-0.25, -0.2) is 19.9 Å². The van der Waals surface area contributed by atoms with Crippen LogP contribution in [0.25, 0.3) is 211 Å². The lowest BCUT2D eigenvalue weighted by atomic mass is 9.96. The highest BCUT2D eigenvalue weighted by Crippen LogP contribution is 2.47. The van der Waals surface area contributed by atoms with Crippen molar-refractivity contribution in [2.24, 2.45) is 0 Å². The van der Waals surface area contributed by atoms with Crippen LogP contribution in [0.1, 0.15) is 11.1 Å². The average Bonchev–Trinajstić information content (AvgIpc) is 1.56. The fourth-order valence-corrected chi connectivity index (χ4v) is 17.6. The molecule has 0 amide bonds. The van der Waals surface area contributed by atoms with Crippen LogP contribution in [0.5, 0.6) is 0 Å². The van der Waals surface area contributed by atoms with Gasteiger partial charge < -0.3 is 18.3 Å². The van der Waals surface area contributed by atoms with Gasteiger partial charge in [-0.05, 0) is 145 Å². The summed E-state index contributed by atoms with van der Waals surface area (Å²) in [7, 11) is 0. The Morgan fingerprint density at radius 2 is 0.431 bits per heavy atom. The molecule has 0 atom stereocenters.